The lowest BCUT2D eigenvalue weighted by atomic mass is 10.1. The summed E-state index contributed by atoms with van der Waals surface area (Å²) in [5.74, 6) is -0.0225. The molecule has 0 amide bonds. The third-order valence-corrected chi connectivity index (χ3v) is 5.27. The van der Waals surface area contributed by atoms with Crippen LogP contribution in [0.1, 0.15) is 23.6 Å². The Morgan fingerprint density at radius 1 is 1.12 bits per heavy atom. The van der Waals surface area contributed by atoms with Gasteiger partial charge in [-0.3, -0.25) is 0 Å². The van der Waals surface area contributed by atoms with Crippen LogP contribution in [-0.4, -0.2) is 14.8 Å². The summed E-state index contributed by atoms with van der Waals surface area (Å²) in [4.78, 5) is 0. The summed E-state index contributed by atoms with van der Waals surface area (Å²) in [6.07, 6.45) is 0. The lowest BCUT2D eigenvalue weighted by Gasteiger charge is -2.13. The second kappa shape index (κ2) is 8.05. The molecule has 0 aliphatic rings. The molecule has 4 nitrogen and oxygen atoms in total. The monoisotopic (exact) mass is 395 g/mol. The molecule has 0 spiro atoms. The number of hydrogen-bond donors (Lipinski definition) is 0. The molecule has 0 N–H and O–H groups in total. The van der Waals surface area contributed by atoms with E-state index in [-0.39, 0.29) is 12.2 Å². The fourth-order valence-corrected chi connectivity index (χ4v) is 3.59. The minimum Gasteiger partial charge on any atom is -0.484 e. The van der Waals surface area contributed by atoms with Gasteiger partial charge in [0.25, 0.3) is 0 Å². The molecule has 2 aromatic carbocycles. The molecule has 0 aliphatic heterocycles. The van der Waals surface area contributed by atoms with Crippen LogP contribution >= 0.6 is 23.4 Å². The summed E-state index contributed by atoms with van der Waals surface area (Å²) in [5.41, 5.74) is 0.0226. The van der Waals surface area contributed by atoms with Gasteiger partial charge in [0.15, 0.2) is 11.0 Å². The second-order valence-electron chi connectivity index (χ2n) is 5.57. The molecule has 0 saturated heterocycles. The average Bonchev–Trinajstić information content (AvgIpc) is 2.94. The van der Waals surface area contributed by atoms with Gasteiger partial charge in [-0.05, 0) is 31.2 Å². The van der Waals surface area contributed by atoms with Crippen LogP contribution in [0.15, 0.2) is 47.6 Å². The highest BCUT2D eigenvalue weighted by Crippen LogP contribution is 2.36. The quantitative estimate of drug-likeness (QED) is 0.539. The number of thioether (sulfide) groups is 1. The van der Waals surface area contributed by atoms with Gasteiger partial charge < -0.3 is 9.30 Å². The Bertz CT molecular complexity index is 899. The molecule has 26 heavy (non-hydrogen) atoms. The normalized spacial score (nSPS) is 12.2. The molecule has 0 fully saturated rings. The van der Waals surface area contributed by atoms with Crippen LogP contribution in [0.25, 0.3) is 0 Å². The summed E-state index contributed by atoms with van der Waals surface area (Å²) in [5, 5.41) is 8.77. The number of ether oxygens (including phenoxy) is 1. The van der Waals surface area contributed by atoms with Crippen LogP contribution in [0, 0.1) is 11.6 Å². The van der Waals surface area contributed by atoms with Crippen molar-refractivity contribution >= 4 is 23.4 Å². The van der Waals surface area contributed by atoms with Gasteiger partial charge in [0.05, 0.1) is 5.02 Å². The lowest BCUT2D eigenvalue weighted by Crippen LogP contribution is -2.05. The zero-order chi connectivity index (χ0) is 18.7. The molecule has 3 aromatic rings. The van der Waals surface area contributed by atoms with Crippen LogP contribution in [0.5, 0.6) is 5.75 Å². The van der Waals surface area contributed by atoms with Gasteiger partial charge in [0.1, 0.15) is 24.0 Å². The van der Waals surface area contributed by atoms with Gasteiger partial charge in [0, 0.05) is 17.9 Å². The van der Waals surface area contributed by atoms with Crippen molar-refractivity contribution in [3.05, 3.63) is 70.5 Å². The zero-order valence-electron chi connectivity index (χ0n) is 14.1. The minimum atomic E-state index is -0.575. The maximum atomic E-state index is 13.9. The number of para-hydroxylation sites is 1. The third kappa shape index (κ3) is 3.99. The van der Waals surface area contributed by atoms with Crippen molar-refractivity contribution in [1.29, 1.82) is 0 Å². The molecule has 0 aliphatic carbocycles. The number of nitrogens with zero attached hydrogens (tertiary/aromatic N) is 3. The highest BCUT2D eigenvalue weighted by molar-refractivity contribution is 7.99. The predicted octanol–water partition coefficient (Wildman–Crippen LogP) is 5.18. The van der Waals surface area contributed by atoms with E-state index in [1.165, 1.54) is 30.0 Å². The first-order valence-corrected chi connectivity index (χ1v) is 9.09. The summed E-state index contributed by atoms with van der Waals surface area (Å²) in [7, 11) is 1.78. The predicted molar refractivity (Wildman–Crippen MR) is 97.4 cm³/mol. The Balaban J connectivity index is 1.72. The van der Waals surface area contributed by atoms with Gasteiger partial charge in [-0.1, -0.05) is 41.6 Å². The number of aromatic nitrogens is 3. The van der Waals surface area contributed by atoms with Gasteiger partial charge in [-0.25, -0.2) is 8.78 Å². The number of hydrogen-bond acceptors (Lipinski definition) is 4. The number of halogens is 3. The highest BCUT2D eigenvalue weighted by Gasteiger charge is 2.20. The fraction of sp³-hybridized carbons (Fsp3) is 0.222. The molecule has 0 saturated carbocycles. The van der Waals surface area contributed by atoms with Crippen LogP contribution < -0.4 is 4.74 Å². The van der Waals surface area contributed by atoms with E-state index in [2.05, 4.69) is 10.2 Å². The van der Waals surface area contributed by atoms with Crippen molar-refractivity contribution in [2.45, 2.75) is 23.9 Å². The van der Waals surface area contributed by atoms with Crippen molar-refractivity contribution < 1.29 is 13.5 Å². The summed E-state index contributed by atoms with van der Waals surface area (Å²) in [6, 6.07) is 11.0. The van der Waals surface area contributed by atoms with Crippen LogP contribution in [0.3, 0.4) is 0 Å². The maximum Gasteiger partial charge on any atom is 0.191 e. The smallest absolute Gasteiger partial charge is 0.191 e. The van der Waals surface area contributed by atoms with E-state index in [1.807, 2.05) is 12.1 Å². The largest absolute Gasteiger partial charge is 0.484 e. The first kappa shape index (κ1) is 18.7. The Labute approximate surface area is 159 Å². The minimum absolute atomic E-state index is 0.0226. The van der Waals surface area contributed by atoms with E-state index in [1.54, 1.807) is 30.7 Å². The van der Waals surface area contributed by atoms with Crippen LogP contribution in [0.2, 0.25) is 5.02 Å². The molecule has 1 heterocycles. The topological polar surface area (TPSA) is 39.9 Å². The lowest BCUT2D eigenvalue weighted by molar-refractivity contribution is 0.290. The maximum absolute atomic E-state index is 13.9. The SMILES string of the molecule is CC(Sc1nnc(COc2ccccc2Cl)n1C)c1c(F)cccc1F. The summed E-state index contributed by atoms with van der Waals surface area (Å²) >= 11 is 7.28. The first-order valence-electron chi connectivity index (χ1n) is 7.83. The number of benzene rings is 2. The highest BCUT2D eigenvalue weighted by atomic mass is 35.5. The molecule has 0 bridgehead atoms. The Morgan fingerprint density at radius 2 is 1.81 bits per heavy atom. The van der Waals surface area contributed by atoms with Crippen LogP contribution in [0.4, 0.5) is 8.78 Å². The van der Waals surface area contributed by atoms with Crippen molar-refractivity contribution in [1.82, 2.24) is 14.8 Å². The Hall–Kier alpha value is -2.12. The van der Waals surface area contributed by atoms with Gasteiger partial charge in [-0.2, -0.15) is 0 Å². The molecule has 8 heteroatoms. The van der Waals surface area contributed by atoms with Gasteiger partial charge >= 0.3 is 0 Å². The van der Waals surface area contributed by atoms with Crippen LogP contribution in [-0.2, 0) is 13.7 Å². The molecule has 0 radical (unpaired) electrons. The van der Waals surface area contributed by atoms with E-state index in [9.17, 15) is 8.78 Å². The fourth-order valence-electron chi connectivity index (χ4n) is 2.39. The number of rotatable bonds is 6. The molecule has 3 rings (SSSR count). The van der Waals surface area contributed by atoms with E-state index >= 15 is 0 Å². The molecular weight excluding hydrogens is 380 g/mol. The van der Waals surface area contributed by atoms with E-state index in [0.717, 1.165) is 0 Å². The van der Waals surface area contributed by atoms with E-state index in [4.69, 9.17) is 16.3 Å². The molecule has 136 valence electrons. The standard InChI is InChI=1S/C18H16ClF2N3OS/c1-11(17-13(20)7-5-8-14(17)21)26-18-23-22-16(24(18)2)10-25-15-9-4-3-6-12(15)19/h3-9,11H,10H2,1-2H3. The van der Waals surface area contributed by atoms with E-state index < -0.39 is 16.9 Å². The zero-order valence-corrected chi connectivity index (χ0v) is 15.7. The second-order valence-corrected chi connectivity index (χ2v) is 7.29. The van der Waals surface area contributed by atoms with Crippen molar-refractivity contribution in [3.63, 3.8) is 0 Å². The van der Waals surface area contributed by atoms with Crippen molar-refractivity contribution in [2.24, 2.45) is 7.05 Å². The molecule has 1 unspecified atom stereocenters. The van der Waals surface area contributed by atoms with Crippen molar-refractivity contribution in [3.8, 4) is 5.75 Å². The average molecular weight is 396 g/mol. The summed E-state index contributed by atoms with van der Waals surface area (Å²) in [6.45, 7) is 1.90. The third-order valence-electron chi connectivity index (χ3n) is 3.81. The molecular formula is C18H16ClF2N3OS. The van der Waals surface area contributed by atoms with E-state index in [0.29, 0.717) is 21.8 Å². The van der Waals surface area contributed by atoms with Crippen molar-refractivity contribution in [2.75, 3.05) is 0 Å². The van der Waals surface area contributed by atoms with Gasteiger partial charge in [0.2, 0.25) is 0 Å². The molecule has 1 aromatic heterocycles. The molecule has 1 atom stereocenters. The Morgan fingerprint density at radius 3 is 2.50 bits per heavy atom. The Kier molecular flexibility index (Phi) is 5.78. The first-order chi connectivity index (χ1) is 12.5. The van der Waals surface area contributed by atoms with Gasteiger partial charge in [-0.15, -0.1) is 10.2 Å². The summed E-state index contributed by atoms with van der Waals surface area (Å²) < 4.78 is 35.2.